The molecule has 3 N–H and O–H groups in total. The molecule has 1 rings (SSSR count). The lowest BCUT2D eigenvalue weighted by Crippen LogP contribution is -2.47. The van der Waals surface area contributed by atoms with Gasteiger partial charge in [-0.25, -0.2) is 13.1 Å². The van der Waals surface area contributed by atoms with Crippen LogP contribution in [0, 0.1) is 5.92 Å². The fourth-order valence-corrected chi connectivity index (χ4v) is 3.22. The quantitative estimate of drug-likeness (QED) is 0.715. The van der Waals surface area contributed by atoms with Gasteiger partial charge in [-0.2, -0.15) is 0 Å². The van der Waals surface area contributed by atoms with Crippen LogP contribution in [0.2, 0.25) is 0 Å². The van der Waals surface area contributed by atoms with Gasteiger partial charge in [0.15, 0.2) is 0 Å². The number of piperidine rings is 1. The molecule has 1 unspecified atom stereocenters. The molecule has 0 radical (unpaired) electrons. The normalized spacial score (nSPS) is 19.4. The van der Waals surface area contributed by atoms with Crippen molar-refractivity contribution in [2.75, 3.05) is 25.9 Å². The van der Waals surface area contributed by atoms with E-state index in [-0.39, 0.29) is 17.9 Å². The van der Waals surface area contributed by atoms with Crippen LogP contribution in [0.1, 0.15) is 32.6 Å². The molecule has 19 heavy (non-hydrogen) atoms. The molecule has 0 saturated carbocycles. The van der Waals surface area contributed by atoms with E-state index in [0.717, 1.165) is 12.8 Å². The van der Waals surface area contributed by atoms with Crippen molar-refractivity contribution in [2.24, 2.45) is 11.7 Å². The number of hydrogen-bond donors (Lipinski definition) is 2. The van der Waals surface area contributed by atoms with E-state index in [9.17, 15) is 13.2 Å². The molecule has 0 aromatic rings. The van der Waals surface area contributed by atoms with E-state index in [0.29, 0.717) is 32.5 Å². The average Bonchev–Trinajstić information content (AvgIpc) is 2.34. The maximum atomic E-state index is 12.1. The van der Waals surface area contributed by atoms with Crippen LogP contribution in [0.5, 0.6) is 0 Å². The van der Waals surface area contributed by atoms with Crippen LogP contribution in [-0.2, 0) is 14.8 Å². The Hall–Kier alpha value is -0.660. The maximum Gasteiger partial charge on any atom is 0.225 e. The van der Waals surface area contributed by atoms with Gasteiger partial charge in [-0.3, -0.25) is 4.79 Å². The molecular weight excluding hydrogens is 266 g/mol. The van der Waals surface area contributed by atoms with Crippen LogP contribution in [0.25, 0.3) is 0 Å². The molecule has 1 atom stereocenters. The monoisotopic (exact) mass is 291 g/mol. The minimum atomic E-state index is -3.16. The van der Waals surface area contributed by atoms with Gasteiger partial charge in [0.1, 0.15) is 0 Å². The number of hydrogen-bond acceptors (Lipinski definition) is 4. The second-order valence-corrected chi connectivity index (χ2v) is 7.10. The summed E-state index contributed by atoms with van der Waals surface area (Å²) < 4.78 is 24.9. The van der Waals surface area contributed by atoms with Gasteiger partial charge in [-0.05, 0) is 32.2 Å². The number of rotatable bonds is 6. The summed E-state index contributed by atoms with van der Waals surface area (Å²) in [4.78, 5) is 14.0. The Morgan fingerprint density at radius 3 is 2.47 bits per heavy atom. The smallest absolute Gasteiger partial charge is 0.225 e. The van der Waals surface area contributed by atoms with Gasteiger partial charge >= 0.3 is 0 Å². The topological polar surface area (TPSA) is 92.5 Å². The molecule has 1 saturated heterocycles. The summed E-state index contributed by atoms with van der Waals surface area (Å²) >= 11 is 0. The van der Waals surface area contributed by atoms with E-state index in [1.165, 1.54) is 6.26 Å². The average molecular weight is 291 g/mol. The molecule has 0 spiro atoms. The SMILES string of the molecule is CC(CCCN)C(=O)N1CCC(NS(C)(=O)=O)CC1. The van der Waals surface area contributed by atoms with Crippen molar-refractivity contribution in [3.05, 3.63) is 0 Å². The second kappa shape index (κ2) is 7.21. The molecule has 6 nitrogen and oxygen atoms in total. The molecule has 1 heterocycles. The lowest BCUT2D eigenvalue weighted by Gasteiger charge is -2.33. The second-order valence-electron chi connectivity index (χ2n) is 5.32. The zero-order valence-electron chi connectivity index (χ0n) is 11.8. The van der Waals surface area contributed by atoms with Crippen LogP contribution >= 0.6 is 0 Å². The highest BCUT2D eigenvalue weighted by molar-refractivity contribution is 7.88. The molecule has 1 aliphatic heterocycles. The van der Waals surface area contributed by atoms with Gasteiger partial charge in [0, 0.05) is 25.0 Å². The van der Waals surface area contributed by atoms with Crippen LogP contribution in [0.4, 0.5) is 0 Å². The minimum Gasteiger partial charge on any atom is -0.342 e. The Morgan fingerprint density at radius 1 is 1.42 bits per heavy atom. The van der Waals surface area contributed by atoms with Crippen molar-refractivity contribution in [2.45, 2.75) is 38.6 Å². The van der Waals surface area contributed by atoms with Gasteiger partial charge < -0.3 is 10.6 Å². The van der Waals surface area contributed by atoms with Gasteiger partial charge in [0.2, 0.25) is 15.9 Å². The van der Waals surface area contributed by atoms with Gasteiger partial charge in [-0.1, -0.05) is 6.92 Å². The summed E-state index contributed by atoms with van der Waals surface area (Å²) in [7, 11) is -3.16. The van der Waals surface area contributed by atoms with E-state index < -0.39 is 10.0 Å². The highest BCUT2D eigenvalue weighted by Gasteiger charge is 2.26. The van der Waals surface area contributed by atoms with Crippen molar-refractivity contribution in [3.8, 4) is 0 Å². The van der Waals surface area contributed by atoms with Gasteiger partial charge in [0.05, 0.1) is 6.26 Å². The Bertz CT molecular complexity index is 389. The summed E-state index contributed by atoms with van der Waals surface area (Å²) in [5.41, 5.74) is 5.44. The van der Waals surface area contributed by atoms with E-state index in [4.69, 9.17) is 5.73 Å². The van der Waals surface area contributed by atoms with Crippen molar-refractivity contribution >= 4 is 15.9 Å². The summed E-state index contributed by atoms with van der Waals surface area (Å²) in [5.74, 6) is 0.161. The van der Waals surface area contributed by atoms with Crippen molar-refractivity contribution in [1.82, 2.24) is 9.62 Å². The Morgan fingerprint density at radius 2 is 2.00 bits per heavy atom. The molecule has 112 valence electrons. The first-order chi connectivity index (χ1) is 8.83. The molecular formula is C12H25N3O3S. The molecule has 0 aliphatic carbocycles. The van der Waals surface area contributed by atoms with E-state index in [2.05, 4.69) is 4.72 Å². The molecule has 1 amide bonds. The fourth-order valence-electron chi connectivity index (χ4n) is 2.38. The van der Waals surface area contributed by atoms with Crippen LogP contribution in [0.3, 0.4) is 0 Å². The number of likely N-dealkylation sites (tertiary alicyclic amines) is 1. The molecule has 0 bridgehead atoms. The Balaban J connectivity index is 2.38. The summed E-state index contributed by atoms with van der Waals surface area (Å²) in [6, 6.07) is -0.0432. The number of sulfonamides is 1. The first-order valence-corrected chi connectivity index (χ1v) is 8.68. The van der Waals surface area contributed by atoms with Gasteiger partial charge in [-0.15, -0.1) is 0 Å². The number of amides is 1. The maximum absolute atomic E-state index is 12.1. The standard InChI is InChI=1S/C12H25N3O3S/c1-10(4-3-7-13)12(16)15-8-5-11(6-9-15)14-19(2,17)18/h10-11,14H,3-9,13H2,1-2H3. The van der Waals surface area contributed by atoms with Crippen molar-refractivity contribution in [3.63, 3.8) is 0 Å². The van der Waals surface area contributed by atoms with Crippen LogP contribution < -0.4 is 10.5 Å². The molecule has 1 aliphatic rings. The predicted molar refractivity (Wildman–Crippen MR) is 75.0 cm³/mol. The van der Waals surface area contributed by atoms with Crippen LogP contribution in [0.15, 0.2) is 0 Å². The summed E-state index contributed by atoms with van der Waals surface area (Å²) in [6.07, 6.45) is 4.21. The Kier molecular flexibility index (Phi) is 6.22. The lowest BCUT2D eigenvalue weighted by atomic mass is 10.0. The first-order valence-electron chi connectivity index (χ1n) is 6.79. The molecule has 1 fully saturated rings. The van der Waals surface area contributed by atoms with E-state index in [1.807, 2.05) is 11.8 Å². The first kappa shape index (κ1) is 16.4. The molecule has 7 heteroatoms. The van der Waals surface area contributed by atoms with Crippen molar-refractivity contribution < 1.29 is 13.2 Å². The number of nitrogens with two attached hydrogens (primary N) is 1. The van der Waals surface area contributed by atoms with Crippen molar-refractivity contribution in [1.29, 1.82) is 0 Å². The summed E-state index contributed by atoms with van der Waals surface area (Å²) in [6.45, 7) is 3.79. The number of carbonyl (C=O) groups is 1. The lowest BCUT2D eigenvalue weighted by molar-refractivity contribution is -0.136. The van der Waals surface area contributed by atoms with Crippen LogP contribution in [-0.4, -0.2) is 51.2 Å². The highest BCUT2D eigenvalue weighted by atomic mass is 32.2. The minimum absolute atomic E-state index is 0.00275. The number of nitrogens with one attached hydrogen (secondary N) is 1. The highest BCUT2D eigenvalue weighted by Crippen LogP contribution is 2.16. The van der Waals surface area contributed by atoms with Gasteiger partial charge in [0.25, 0.3) is 0 Å². The molecule has 0 aromatic heterocycles. The third-order valence-electron chi connectivity index (χ3n) is 3.45. The zero-order chi connectivity index (χ0) is 14.5. The fraction of sp³-hybridized carbons (Fsp3) is 0.917. The van der Waals surface area contributed by atoms with E-state index >= 15 is 0 Å². The largest absolute Gasteiger partial charge is 0.342 e. The molecule has 0 aromatic carbocycles. The predicted octanol–water partition coefficient (Wildman–Crippen LogP) is -0.0984. The van der Waals surface area contributed by atoms with E-state index in [1.54, 1.807) is 0 Å². The summed E-state index contributed by atoms with van der Waals surface area (Å²) in [5, 5.41) is 0. The zero-order valence-corrected chi connectivity index (χ0v) is 12.6. The third kappa shape index (κ3) is 5.88. The number of carbonyl (C=O) groups excluding carboxylic acids is 1. The third-order valence-corrected chi connectivity index (χ3v) is 4.21. The Labute approximate surface area is 115 Å². The number of nitrogens with zero attached hydrogens (tertiary/aromatic N) is 1.